The number of halogens is 5. The van der Waals surface area contributed by atoms with E-state index in [0.717, 1.165) is 6.92 Å². The summed E-state index contributed by atoms with van der Waals surface area (Å²) >= 11 is 0. The van der Waals surface area contributed by atoms with Gasteiger partial charge in [0.05, 0.1) is 0 Å². The number of nitrogens with two attached hydrogens (primary N) is 1. The molecule has 80 valence electrons. The van der Waals surface area contributed by atoms with Crippen molar-refractivity contribution < 1.29 is 26.5 Å². The summed E-state index contributed by atoms with van der Waals surface area (Å²) in [5.41, 5.74) is 2.95. The van der Waals surface area contributed by atoms with Gasteiger partial charge in [-0.2, -0.15) is 22.0 Å². The smallest absolute Gasteiger partial charge is 0.367 e. The molecule has 0 bridgehead atoms. The second-order valence-electron chi connectivity index (χ2n) is 2.59. The molecular formula is C6H5F5N2O. The van der Waals surface area contributed by atoms with Crippen LogP contribution < -0.4 is 5.73 Å². The van der Waals surface area contributed by atoms with E-state index in [2.05, 4.69) is 9.68 Å². The van der Waals surface area contributed by atoms with E-state index in [1.54, 1.807) is 0 Å². The highest BCUT2D eigenvalue weighted by molar-refractivity contribution is 5.39. The summed E-state index contributed by atoms with van der Waals surface area (Å²) in [7, 11) is 0. The maximum absolute atomic E-state index is 12.6. The van der Waals surface area contributed by atoms with Crippen LogP contribution in [0.5, 0.6) is 0 Å². The van der Waals surface area contributed by atoms with Crippen LogP contribution in [0.1, 0.15) is 11.3 Å². The SMILES string of the molecule is Cc1c(C(F)(F)C(F)(F)F)noc1N. The molecule has 1 aromatic heterocycles. The Balaban J connectivity index is 3.23. The van der Waals surface area contributed by atoms with Crippen molar-refractivity contribution in [2.45, 2.75) is 19.0 Å². The van der Waals surface area contributed by atoms with Crippen LogP contribution in [0.15, 0.2) is 4.52 Å². The lowest BCUT2D eigenvalue weighted by molar-refractivity contribution is -0.291. The van der Waals surface area contributed by atoms with E-state index >= 15 is 0 Å². The monoisotopic (exact) mass is 216 g/mol. The van der Waals surface area contributed by atoms with Gasteiger partial charge in [-0.1, -0.05) is 5.16 Å². The Labute approximate surface area is 74.7 Å². The molecule has 0 aromatic carbocycles. The van der Waals surface area contributed by atoms with Crippen LogP contribution in [0.4, 0.5) is 27.8 Å². The van der Waals surface area contributed by atoms with Crippen LogP contribution >= 0.6 is 0 Å². The van der Waals surface area contributed by atoms with Crippen molar-refractivity contribution >= 4 is 5.88 Å². The highest BCUT2D eigenvalue weighted by Gasteiger charge is 2.61. The number of hydrogen-bond donors (Lipinski definition) is 1. The van der Waals surface area contributed by atoms with Gasteiger partial charge in [0.15, 0.2) is 5.69 Å². The Morgan fingerprint density at radius 1 is 1.21 bits per heavy atom. The molecule has 0 saturated heterocycles. The van der Waals surface area contributed by atoms with Gasteiger partial charge in [-0.05, 0) is 6.92 Å². The molecule has 3 nitrogen and oxygen atoms in total. The first-order valence-corrected chi connectivity index (χ1v) is 3.34. The van der Waals surface area contributed by atoms with E-state index < -0.39 is 29.2 Å². The lowest BCUT2D eigenvalue weighted by atomic mass is 10.1. The van der Waals surface area contributed by atoms with Crippen molar-refractivity contribution in [2.75, 3.05) is 5.73 Å². The molecule has 0 aliphatic rings. The maximum Gasteiger partial charge on any atom is 0.459 e. The van der Waals surface area contributed by atoms with Gasteiger partial charge in [0.1, 0.15) is 0 Å². The third-order valence-electron chi connectivity index (χ3n) is 1.61. The average molecular weight is 216 g/mol. The second-order valence-corrected chi connectivity index (χ2v) is 2.59. The van der Waals surface area contributed by atoms with Crippen LogP contribution in [0.25, 0.3) is 0 Å². The van der Waals surface area contributed by atoms with E-state index in [1.165, 1.54) is 0 Å². The van der Waals surface area contributed by atoms with Gasteiger partial charge < -0.3 is 10.3 Å². The normalized spacial score (nSPS) is 13.3. The van der Waals surface area contributed by atoms with E-state index in [0.29, 0.717) is 0 Å². The summed E-state index contributed by atoms with van der Waals surface area (Å²) < 4.78 is 64.8. The fourth-order valence-electron chi connectivity index (χ4n) is 0.776. The predicted octanol–water partition coefficient (Wildman–Crippen LogP) is 2.22. The van der Waals surface area contributed by atoms with Crippen molar-refractivity contribution in [2.24, 2.45) is 0 Å². The predicted molar refractivity (Wildman–Crippen MR) is 35.6 cm³/mol. The Bertz CT molecular complexity index is 342. The Kier molecular flexibility index (Phi) is 2.17. The van der Waals surface area contributed by atoms with Crippen LogP contribution in [0.2, 0.25) is 0 Å². The van der Waals surface area contributed by atoms with E-state index in [9.17, 15) is 22.0 Å². The number of anilines is 1. The van der Waals surface area contributed by atoms with Crippen molar-refractivity contribution in [3.8, 4) is 0 Å². The highest BCUT2D eigenvalue weighted by Crippen LogP contribution is 2.45. The molecule has 8 heteroatoms. The number of alkyl halides is 5. The number of aromatic nitrogens is 1. The summed E-state index contributed by atoms with van der Waals surface area (Å²) in [6, 6.07) is 0. The Morgan fingerprint density at radius 3 is 2.00 bits per heavy atom. The third kappa shape index (κ3) is 1.40. The van der Waals surface area contributed by atoms with Crippen molar-refractivity contribution in [1.29, 1.82) is 0 Å². The van der Waals surface area contributed by atoms with Crippen LogP contribution in [0, 0.1) is 6.92 Å². The molecule has 0 spiro atoms. The molecule has 0 aliphatic heterocycles. The van der Waals surface area contributed by atoms with Gasteiger partial charge in [0, 0.05) is 5.56 Å². The van der Waals surface area contributed by atoms with Crippen LogP contribution in [-0.4, -0.2) is 11.3 Å². The number of nitrogen functional groups attached to an aromatic ring is 1. The van der Waals surface area contributed by atoms with Gasteiger partial charge >= 0.3 is 12.1 Å². The summed E-state index contributed by atoms with van der Waals surface area (Å²) in [5, 5.41) is 2.58. The zero-order valence-electron chi connectivity index (χ0n) is 6.82. The van der Waals surface area contributed by atoms with Gasteiger partial charge in [-0.15, -0.1) is 0 Å². The molecule has 0 aliphatic carbocycles. The van der Waals surface area contributed by atoms with Gasteiger partial charge in [0.2, 0.25) is 5.88 Å². The maximum atomic E-state index is 12.6. The van der Waals surface area contributed by atoms with Crippen molar-refractivity contribution in [3.63, 3.8) is 0 Å². The Hall–Kier alpha value is -1.34. The third-order valence-corrected chi connectivity index (χ3v) is 1.61. The quantitative estimate of drug-likeness (QED) is 0.732. The molecule has 1 rings (SSSR count). The number of rotatable bonds is 1. The minimum Gasteiger partial charge on any atom is -0.367 e. The topological polar surface area (TPSA) is 52.0 Å². The molecule has 0 atom stereocenters. The summed E-state index contributed by atoms with van der Waals surface area (Å²) in [6.45, 7) is 0.973. The molecular weight excluding hydrogens is 211 g/mol. The fourth-order valence-corrected chi connectivity index (χ4v) is 0.776. The first kappa shape index (κ1) is 10.7. The largest absolute Gasteiger partial charge is 0.459 e. The van der Waals surface area contributed by atoms with Crippen molar-refractivity contribution in [3.05, 3.63) is 11.3 Å². The zero-order chi connectivity index (χ0) is 11.1. The van der Waals surface area contributed by atoms with E-state index in [1.807, 2.05) is 0 Å². The Morgan fingerprint density at radius 2 is 1.71 bits per heavy atom. The average Bonchev–Trinajstić information content (AvgIpc) is 2.30. The molecule has 0 amide bonds. The number of nitrogens with zero attached hydrogens (tertiary/aromatic N) is 1. The lowest BCUT2D eigenvalue weighted by Crippen LogP contribution is -2.34. The second kappa shape index (κ2) is 2.82. The molecule has 14 heavy (non-hydrogen) atoms. The van der Waals surface area contributed by atoms with Crippen LogP contribution in [-0.2, 0) is 5.92 Å². The minimum atomic E-state index is -5.71. The van der Waals surface area contributed by atoms with Gasteiger partial charge in [-0.3, -0.25) is 0 Å². The zero-order valence-corrected chi connectivity index (χ0v) is 6.82. The standard InChI is InChI=1S/C6H5F5N2O/c1-2-3(13-14-4(2)12)5(7,8)6(9,10)11/h12H2,1H3. The summed E-state index contributed by atoms with van der Waals surface area (Å²) in [5.74, 6) is -5.60. The molecule has 0 unspecified atom stereocenters. The molecule has 2 N–H and O–H groups in total. The van der Waals surface area contributed by atoms with Gasteiger partial charge in [0.25, 0.3) is 0 Å². The summed E-state index contributed by atoms with van der Waals surface area (Å²) in [4.78, 5) is 0. The molecule has 1 aromatic rings. The van der Waals surface area contributed by atoms with Crippen LogP contribution in [0.3, 0.4) is 0 Å². The highest BCUT2D eigenvalue weighted by atomic mass is 19.4. The summed E-state index contributed by atoms with van der Waals surface area (Å²) in [6.07, 6.45) is -5.71. The van der Waals surface area contributed by atoms with E-state index in [-0.39, 0.29) is 0 Å². The first-order chi connectivity index (χ1) is 6.18. The lowest BCUT2D eigenvalue weighted by Gasteiger charge is -2.17. The molecule has 0 saturated carbocycles. The van der Waals surface area contributed by atoms with Gasteiger partial charge in [-0.25, -0.2) is 0 Å². The fraction of sp³-hybridized carbons (Fsp3) is 0.500. The first-order valence-electron chi connectivity index (χ1n) is 3.34. The molecule has 0 radical (unpaired) electrons. The van der Waals surface area contributed by atoms with E-state index in [4.69, 9.17) is 5.73 Å². The molecule has 1 heterocycles. The number of hydrogen-bond acceptors (Lipinski definition) is 3. The van der Waals surface area contributed by atoms with Crippen molar-refractivity contribution in [1.82, 2.24) is 5.16 Å². The minimum absolute atomic E-state index is 0.507. The molecule has 0 fully saturated rings.